The molecule has 2 atom stereocenters. The first-order valence-corrected chi connectivity index (χ1v) is 12.3. The van der Waals surface area contributed by atoms with Gasteiger partial charge in [0.25, 0.3) is 5.91 Å². The quantitative estimate of drug-likeness (QED) is 0.479. The maximum Gasteiger partial charge on any atom is 0.393 e. The number of piperidine rings is 2. The second-order valence-electron chi connectivity index (χ2n) is 10.0. The number of rotatable bonds is 4. The van der Waals surface area contributed by atoms with Gasteiger partial charge < -0.3 is 31.0 Å². The molecule has 3 aromatic rings. The van der Waals surface area contributed by atoms with Crippen molar-refractivity contribution in [3.63, 3.8) is 0 Å². The first kappa shape index (κ1) is 25.3. The van der Waals surface area contributed by atoms with Crippen LogP contribution < -0.4 is 21.7 Å². The molecule has 0 bridgehead atoms. The van der Waals surface area contributed by atoms with E-state index in [0.29, 0.717) is 22.7 Å². The molecule has 1 amide bonds. The highest BCUT2D eigenvalue weighted by Gasteiger charge is 2.44. The van der Waals surface area contributed by atoms with Gasteiger partial charge in [-0.05, 0) is 63.0 Å². The van der Waals surface area contributed by atoms with Crippen molar-refractivity contribution in [2.24, 2.45) is 11.7 Å². The minimum absolute atomic E-state index is 0.0724. The van der Waals surface area contributed by atoms with Gasteiger partial charge in [-0.2, -0.15) is 13.2 Å². The number of anilines is 3. The first-order chi connectivity index (χ1) is 17.6. The van der Waals surface area contributed by atoms with Crippen LogP contribution in [-0.4, -0.2) is 66.2 Å². The molecule has 0 spiro atoms. The molecule has 3 aromatic heterocycles. The number of nitrogens with two attached hydrogens (primary N) is 2. The molecule has 12 heteroatoms. The molecule has 2 aliphatic rings. The summed E-state index contributed by atoms with van der Waals surface area (Å²) in [7, 11) is 2.09. The lowest BCUT2D eigenvalue weighted by Crippen LogP contribution is -2.51. The Morgan fingerprint density at radius 2 is 1.97 bits per heavy atom. The molecule has 9 nitrogen and oxygen atoms in total. The van der Waals surface area contributed by atoms with Gasteiger partial charge in [-0.25, -0.2) is 0 Å². The van der Waals surface area contributed by atoms with Crippen LogP contribution in [0.1, 0.15) is 41.1 Å². The minimum Gasteiger partial charge on any atom is -0.438 e. The number of amides is 1. The van der Waals surface area contributed by atoms with Gasteiger partial charge in [0, 0.05) is 31.5 Å². The van der Waals surface area contributed by atoms with E-state index >= 15 is 0 Å². The molecular formula is C25H30F3N7O2. The lowest BCUT2D eigenvalue weighted by molar-refractivity contribution is -0.177. The fraction of sp³-hybridized carbons (Fsp3) is 0.480. The van der Waals surface area contributed by atoms with Crippen molar-refractivity contribution in [2.45, 2.75) is 37.4 Å². The zero-order chi connectivity index (χ0) is 26.3. The largest absolute Gasteiger partial charge is 0.438 e. The molecule has 5 heterocycles. The van der Waals surface area contributed by atoms with Gasteiger partial charge in [-0.3, -0.25) is 14.8 Å². The Bertz CT molecular complexity index is 1290. The number of hydrogen-bond donors (Lipinski definition) is 3. The van der Waals surface area contributed by atoms with Crippen molar-refractivity contribution in [1.29, 1.82) is 0 Å². The summed E-state index contributed by atoms with van der Waals surface area (Å²) in [5.74, 6) is -1.88. The zero-order valence-electron chi connectivity index (χ0n) is 20.5. The standard InChI is InChI=1S/C25H30F3N7O2/c1-34-6-3-14(4-7-34)15-8-20-22(32-10-15)21(23(30)37-20)24(36)33-18-11-31-5-2-19(18)35-12-16(25(26,27)28)9-17(29)13-35/h2,5,8,10-11,14,16-17H,3-4,6-7,9,12-13,29-30H2,1H3,(H,33,36). The summed E-state index contributed by atoms with van der Waals surface area (Å²) < 4.78 is 46.1. The van der Waals surface area contributed by atoms with Gasteiger partial charge in [0.15, 0.2) is 5.58 Å². The summed E-state index contributed by atoms with van der Waals surface area (Å²) in [6.45, 7) is 1.95. The number of nitrogens with zero attached hydrogens (tertiary/aromatic N) is 4. The number of hydrogen-bond acceptors (Lipinski definition) is 8. The minimum atomic E-state index is -4.37. The molecule has 5 N–H and O–H groups in total. The summed E-state index contributed by atoms with van der Waals surface area (Å²) in [6, 6.07) is 2.78. The van der Waals surface area contributed by atoms with Crippen LogP contribution in [0.3, 0.4) is 0 Å². The molecule has 0 aliphatic carbocycles. The van der Waals surface area contributed by atoms with Crippen LogP contribution in [0.25, 0.3) is 11.1 Å². The third-order valence-electron chi connectivity index (χ3n) is 7.33. The fourth-order valence-corrected chi connectivity index (χ4v) is 5.31. The van der Waals surface area contributed by atoms with E-state index in [1.807, 2.05) is 6.07 Å². The summed E-state index contributed by atoms with van der Waals surface area (Å²) in [5, 5.41) is 2.74. The highest BCUT2D eigenvalue weighted by Crippen LogP contribution is 2.37. The van der Waals surface area contributed by atoms with Gasteiger partial charge in [0.05, 0.1) is 23.5 Å². The summed E-state index contributed by atoms with van der Waals surface area (Å²) in [5.41, 5.74) is 14.5. The predicted molar refractivity (Wildman–Crippen MR) is 134 cm³/mol. The van der Waals surface area contributed by atoms with Crippen LogP contribution in [0.15, 0.2) is 35.1 Å². The van der Waals surface area contributed by atoms with E-state index in [9.17, 15) is 18.0 Å². The van der Waals surface area contributed by atoms with Gasteiger partial charge in [-0.15, -0.1) is 0 Å². The maximum absolute atomic E-state index is 13.5. The Morgan fingerprint density at radius 1 is 1.22 bits per heavy atom. The lowest BCUT2D eigenvalue weighted by Gasteiger charge is -2.39. The van der Waals surface area contributed by atoms with E-state index in [2.05, 4.69) is 27.2 Å². The van der Waals surface area contributed by atoms with Gasteiger partial charge in [0.2, 0.25) is 5.88 Å². The number of furan rings is 1. The number of nitrogens with one attached hydrogen (secondary N) is 1. The number of carbonyl (C=O) groups is 1. The summed E-state index contributed by atoms with van der Waals surface area (Å²) in [4.78, 5) is 25.7. The van der Waals surface area contributed by atoms with Crippen LogP contribution in [0.2, 0.25) is 0 Å². The van der Waals surface area contributed by atoms with E-state index in [0.717, 1.165) is 31.5 Å². The molecule has 198 valence electrons. The maximum atomic E-state index is 13.5. The molecule has 2 fully saturated rings. The van der Waals surface area contributed by atoms with Gasteiger partial charge in [0.1, 0.15) is 11.1 Å². The van der Waals surface area contributed by atoms with Crippen LogP contribution >= 0.6 is 0 Å². The monoisotopic (exact) mass is 517 g/mol. The average molecular weight is 518 g/mol. The summed E-state index contributed by atoms with van der Waals surface area (Å²) in [6.07, 6.45) is 2.11. The zero-order valence-corrected chi connectivity index (χ0v) is 20.5. The Balaban J connectivity index is 1.39. The molecule has 0 radical (unpaired) electrons. The molecule has 2 saturated heterocycles. The van der Waals surface area contributed by atoms with Crippen LogP contribution in [0, 0.1) is 5.92 Å². The van der Waals surface area contributed by atoms with Gasteiger partial charge in [-0.1, -0.05) is 0 Å². The van der Waals surface area contributed by atoms with Crippen LogP contribution in [-0.2, 0) is 0 Å². The molecular weight excluding hydrogens is 487 g/mol. The smallest absolute Gasteiger partial charge is 0.393 e. The number of halogens is 3. The Hall–Kier alpha value is -3.38. The van der Waals surface area contributed by atoms with E-state index < -0.39 is 24.0 Å². The Kier molecular flexibility index (Phi) is 6.71. The number of pyridine rings is 2. The van der Waals surface area contributed by atoms with Crippen LogP contribution in [0.4, 0.5) is 30.4 Å². The molecule has 0 aromatic carbocycles. The van der Waals surface area contributed by atoms with Crippen molar-refractivity contribution in [2.75, 3.05) is 49.2 Å². The van der Waals surface area contributed by atoms with Crippen LogP contribution in [0.5, 0.6) is 0 Å². The van der Waals surface area contributed by atoms with E-state index in [4.69, 9.17) is 15.9 Å². The van der Waals surface area contributed by atoms with E-state index in [1.54, 1.807) is 12.3 Å². The number of alkyl halides is 3. The fourth-order valence-electron chi connectivity index (χ4n) is 5.31. The highest BCUT2D eigenvalue weighted by molar-refractivity contribution is 6.15. The Morgan fingerprint density at radius 3 is 2.70 bits per heavy atom. The van der Waals surface area contributed by atoms with Crippen molar-refractivity contribution in [3.8, 4) is 0 Å². The molecule has 0 saturated carbocycles. The van der Waals surface area contributed by atoms with Crippen molar-refractivity contribution >= 4 is 34.3 Å². The number of fused-ring (bicyclic) bond motifs is 1. The SMILES string of the molecule is CN1CCC(c2cnc3c(C(=O)Nc4cnccc4N4CC(N)CC(C(F)(F)F)C4)c(N)oc3c2)CC1. The van der Waals surface area contributed by atoms with E-state index in [-0.39, 0.29) is 36.6 Å². The highest BCUT2D eigenvalue weighted by atomic mass is 19.4. The average Bonchev–Trinajstić information content (AvgIpc) is 3.19. The number of nitrogen functional groups attached to an aromatic ring is 1. The predicted octanol–water partition coefficient (Wildman–Crippen LogP) is 3.58. The Labute approximate surface area is 212 Å². The second-order valence-corrected chi connectivity index (χ2v) is 10.0. The molecule has 2 aliphatic heterocycles. The first-order valence-electron chi connectivity index (χ1n) is 12.3. The number of likely N-dealkylation sites (tertiary alicyclic amines) is 1. The summed E-state index contributed by atoms with van der Waals surface area (Å²) >= 11 is 0. The molecule has 37 heavy (non-hydrogen) atoms. The second kappa shape index (κ2) is 9.82. The van der Waals surface area contributed by atoms with Gasteiger partial charge >= 0.3 is 6.18 Å². The molecule has 2 unspecified atom stereocenters. The topological polar surface area (TPSA) is 127 Å². The third kappa shape index (κ3) is 5.21. The number of carbonyl (C=O) groups excluding carboxylic acids is 1. The van der Waals surface area contributed by atoms with Crippen molar-refractivity contribution < 1.29 is 22.4 Å². The normalized spacial score (nSPS) is 21.9. The third-order valence-corrected chi connectivity index (χ3v) is 7.33. The number of aromatic nitrogens is 2. The van der Waals surface area contributed by atoms with E-state index in [1.165, 1.54) is 17.3 Å². The van der Waals surface area contributed by atoms with Crippen molar-refractivity contribution in [3.05, 3.63) is 41.9 Å². The molecule has 5 rings (SSSR count). The lowest BCUT2D eigenvalue weighted by atomic mass is 9.90. The van der Waals surface area contributed by atoms with Crippen molar-refractivity contribution in [1.82, 2.24) is 14.9 Å².